The Morgan fingerprint density at radius 1 is 0.828 bits per heavy atom. The van der Waals surface area contributed by atoms with E-state index in [0.29, 0.717) is 40.9 Å². The molecule has 0 spiro atoms. The molecule has 1 unspecified atom stereocenters. The van der Waals surface area contributed by atoms with Gasteiger partial charge in [0.15, 0.2) is 11.5 Å². The van der Waals surface area contributed by atoms with Crippen molar-refractivity contribution in [1.29, 1.82) is 0 Å². The summed E-state index contributed by atoms with van der Waals surface area (Å²) in [7, 11) is 7.89. The van der Waals surface area contributed by atoms with E-state index in [-0.39, 0.29) is 11.3 Å². The Morgan fingerprint density at radius 3 is 1.97 bits per heavy atom. The summed E-state index contributed by atoms with van der Waals surface area (Å²) < 4.78 is 27.0. The van der Waals surface area contributed by atoms with Crippen LogP contribution in [0.25, 0.3) is 0 Å². The molecule has 2 aromatic rings. The second-order valence-electron chi connectivity index (χ2n) is 6.27. The Hall–Kier alpha value is -2.74. The van der Waals surface area contributed by atoms with Crippen LogP contribution in [0, 0.1) is 0 Å². The van der Waals surface area contributed by atoms with Crippen LogP contribution in [0.1, 0.15) is 21.3 Å². The lowest BCUT2D eigenvalue weighted by molar-refractivity contribution is 0.0758. The first-order valence-electron chi connectivity index (χ1n) is 9.01. The second kappa shape index (κ2) is 9.17. The predicted molar refractivity (Wildman–Crippen MR) is 112 cm³/mol. The summed E-state index contributed by atoms with van der Waals surface area (Å²) in [5.74, 6) is 3.66. The number of methoxy groups -OCH3 is 5. The Balaban J connectivity index is 1.99. The van der Waals surface area contributed by atoms with Crippen LogP contribution in [0.2, 0.25) is 0 Å². The van der Waals surface area contributed by atoms with Crippen LogP contribution in [0.4, 0.5) is 0 Å². The Labute approximate surface area is 174 Å². The first kappa shape index (κ1) is 21.0. The van der Waals surface area contributed by atoms with E-state index in [1.54, 1.807) is 71.6 Å². The van der Waals surface area contributed by atoms with Gasteiger partial charge < -0.3 is 28.6 Å². The molecule has 29 heavy (non-hydrogen) atoms. The van der Waals surface area contributed by atoms with E-state index in [9.17, 15) is 4.79 Å². The minimum Gasteiger partial charge on any atom is -0.497 e. The number of amides is 1. The van der Waals surface area contributed by atoms with Gasteiger partial charge in [-0.25, -0.2) is 0 Å². The summed E-state index contributed by atoms with van der Waals surface area (Å²) in [6.07, 6.45) is 0. The third-order valence-electron chi connectivity index (χ3n) is 4.75. The summed E-state index contributed by atoms with van der Waals surface area (Å²) in [5, 5.41) is -0.213. The summed E-state index contributed by atoms with van der Waals surface area (Å²) in [6.45, 7) is 0.616. The lowest BCUT2D eigenvalue weighted by atomic mass is 10.1. The molecule has 3 rings (SSSR count). The Kier molecular flexibility index (Phi) is 6.64. The van der Waals surface area contributed by atoms with Crippen molar-refractivity contribution in [3.63, 3.8) is 0 Å². The standard InChI is InChI=1S/C21H25NO6S/c1-24-14-8-13(9-15(10-14)25-2)20(23)22-6-7-29-21(22)16-11-18(27-4)19(28-5)12-17(16)26-3/h8-12,21H,6-7H2,1-5H3. The van der Waals surface area contributed by atoms with E-state index < -0.39 is 0 Å². The van der Waals surface area contributed by atoms with Gasteiger partial charge in [-0.3, -0.25) is 4.79 Å². The highest BCUT2D eigenvalue weighted by molar-refractivity contribution is 7.99. The fraction of sp³-hybridized carbons (Fsp3) is 0.381. The lowest BCUT2D eigenvalue weighted by Gasteiger charge is -2.26. The zero-order chi connectivity index (χ0) is 21.0. The van der Waals surface area contributed by atoms with Gasteiger partial charge >= 0.3 is 0 Å². The summed E-state index contributed by atoms with van der Waals surface area (Å²) in [5.41, 5.74) is 1.36. The first-order chi connectivity index (χ1) is 14.1. The SMILES string of the molecule is COc1cc(OC)cc(C(=O)N2CCSC2c2cc(OC)c(OC)cc2OC)c1. The van der Waals surface area contributed by atoms with Crippen LogP contribution < -0.4 is 23.7 Å². The van der Waals surface area contributed by atoms with Gasteiger partial charge in [-0.2, -0.15) is 0 Å². The van der Waals surface area contributed by atoms with Crippen molar-refractivity contribution in [2.45, 2.75) is 5.37 Å². The van der Waals surface area contributed by atoms with Crippen LogP contribution in [0.15, 0.2) is 30.3 Å². The van der Waals surface area contributed by atoms with Gasteiger partial charge in [0.25, 0.3) is 5.91 Å². The average molecular weight is 419 g/mol. The maximum absolute atomic E-state index is 13.3. The topological polar surface area (TPSA) is 66.5 Å². The molecular weight excluding hydrogens is 394 g/mol. The molecule has 1 amide bonds. The number of rotatable bonds is 7. The largest absolute Gasteiger partial charge is 0.497 e. The molecule has 0 bridgehead atoms. The average Bonchev–Trinajstić information content (AvgIpc) is 3.26. The van der Waals surface area contributed by atoms with Gasteiger partial charge in [0.2, 0.25) is 0 Å². The van der Waals surface area contributed by atoms with E-state index in [4.69, 9.17) is 23.7 Å². The first-order valence-corrected chi connectivity index (χ1v) is 10.1. The molecule has 1 fully saturated rings. The normalized spacial score (nSPS) is 15.8. The molecule has 0 aliphatic carbocycles. The summed E-state index contributed by atoms with van der Waals surface area (Å²) in [6, 6.07) is 8.83. The van der Waals surface area contributed by atoms with Crippen LogP contribution in [0.3, 0.4) is 0 Å². The molecule has 0 aromatic heterocycles. The van der Waals surface area contributed by atoms with Crippen LogP contribution >= 0.6 is 11.8 Å². The Bertz CT molecular complexity index is 865. The number of hydrogen-bond acceptors (Lipinski definition) is 7. The van der Waals surface area contributed by atoms with E-state index >= 15 is 0 Å². The van der Waals surface area contributed by atoms with Crippen LogP contribution in [-0.4, -0.2) is 58.7 Å². The van der Waals surface area contributed by atoms with Crippen LogP contribution in [0.5, 0.6) is 28.7 Å². The maximum atomic E-state index is 13.3. The van der Waals surface area contributed by atoms with Crippen molar-refractivity contribution < 1.29 is 28.5 Å². The molecule has 1 heterocycles. The van der Waals surface area contributed by atoms with E-state index in [1.807, 2.05) is 11.0 Å². The van der Waals surface area contributed by atoms with E-state index in [2.05, 4.69) is 0 Å². The van der Waals surface area contributed by atoms with Crippen molar-refractivity contribution >= 4 is 17.7 Å². The van der Waals surface area contributed by atoms with Gasteiger partial charge in [0, 0.05) is 35.6 Å². The van der Waals surface area contributed by atoms with Crippen molar-refractivity contribution in [2.24, 2.45) is 0 Å². The quantitative estimate of drug-likeness (QED) is 0.679. The molecular formula is C21H25NO6S. The minimum absolute atomic E-state index is 0.103. The monoisotopic (exact) mass is 419 g/mol. The van der Waals surface area contributed by atoms with E-state index in [1.165, 1.54) is 0 Å². The lowest BCUT2D eigenvalue weighted by Crippen LogP contribution is -2.30. The van der Waals surface area contributed by atoms with Gasteiger partial charge in [0.05, 0.1) is 35.5 Å². The van der Waals surface area contributed by atoms with Crippen molar-refractivity contribution in [3.05, 3.63) is 41.5 Å². The van der Waals surface area contributed by atoms with Gasteiger partial charge in [-0.15, -0.1) is 11.8 Å². The molecule has 0 N–H and O–H groups in total. The molecule has 2 aromatic carbocycles. The molecule has 1 aliphatic rings. The predicted octanol–water partition coefficient (Wildman–Crippen LogP) is 3.62. The fourth-order valence-corrected chi connectivity index (χ4v) is 4.55. The van der Waals surface area contributed by atoms with Crippen molar-refractivity contribution in [3.8, 4) is 28.7 Å². The second-order valence-corrected chi connectivity index (χ2v) is 7.46. The van der Waals surface area contributed by atoms with E-state index in [0.717, 1.165) is 11.3 Å². The molecule has 156 valence electrons. The number of nitrogens with zero attached hydrogens (tertiary/aromatic N) is 1. The van der Waals surface area contributed by atoms with Gasteiger partial charge in [-0.1, -0.05) is 0 Å². The van der Waals surface area contributed by atoms with Crippen LogP contribution in [-0.2, 0) is 0 Å². The molecule has 7 nitrogen and oxygen atoms in total. The summed E-state index contributed by atoms with van der Waals surface area (Å²) >= 11 is 1.67. The van der Waals surface area contributed by atoms with Gasteiger partial charge in [-0.05, 0) is 18.2 Å². The van der Waals surface area contributed by atoms with Crippen molar-refractivity contribution in [2.75, 3.05) is 47.8 Å². The highest BCUT2D eigenvalue weighted by atomic mass is 32.2. The fourth-order valence-electron chi connectivity index (χ4n) is 3.28. The molecule has 0 radical (unpaired) electrons. The number of benzene rings is 2. The molecule has 8 heteroatoms. The smallest absolute Gasteiger partial charge is 0.255 e. The molecule has 1 atom stereocenters. The molecule has 1 saturated heterocycles. The highest BCUT2D eigenvalue weighted by Gasteiger charge is 2.34. The number of thioether (sulfide) groups is 1. The number of carbonyl (C=O) groups is 1. The maximum Gasteiger partial charge on any atom is 0.255 e. The van der Waals surface area contributed by atoms with Gasteiger partial charge in [0.1, 0.15) is 22.6 Å². The highest BCUT2D eigenvalue weighted by Crippen LogP contribution is 2.46. The third-order valence-corrected chi connectivity index (χ3v) is 5.99. The third kappa shape index (κ3) is 4.17. The molecule has 0 saturated carbocycles. The number of ether oxygens (including phenoxy) is 5. The Morgan fingerprint density at radius 2 is 1.41 bits per heavy atom. The molecule has 1 aliphatic heterocycles. The zero-order valence-corrected chi connectivity index (χ0v) is 18.0. The number of hydrogen-bond donors (Lipinski definition) is 0. The zero-order valence-electron chi connectivity index (χ0n) is 17.2. The summed E-state index contributed by atoms with van der Waals surface area (Å²) in [4.78, 5) is 15.2. The minimum atomic E-state index is -0.213. The van der Waals surface area contributed by atoms with Crippen molar-refractivity contribution in [1.82, 2.24) is 4.90 Å². The number of carbonyl (C=O) groups excluding carboxylic acids is 1.